The van der Waals surface area contributed by atoms with Crippen molar-refractivity contribution in [3.63, 3.8) is 0 Å². The van der Waals surface area contributed by atoms with Crippen LogP contribution in [0, 0.1) is 5.82 Å². The maximum Gasteiger partial charge on any atom is 0.243 e. The molecule has 1 saturated heterocycles. The zero-order chi connectivity index (χ0) is 20.1. The molecule has 0 spiro atoms. The van der Waals surface area contributed by atoms with Gasteiger partial charge in [-0.25, -0.2) is 12.8 Å². The number of halogens is 1. The predicted octanol–water partition coefficient (Wildman–Crippen LogP) is 2.66. The van der Waals surface area contributed by atoms with Gasteiger partial charge in [-0.15, -0.1) is 0 Å². The van der Waals surface area contributed by atoms with Crippen molar-refractivity contribution in [3.8, 4) is 5.75 Å². The first-order valence-electron chi connectivity index (χ1n) is 8.49. The van der Waals surface area contributed by atoms with Gasteiger partial charge in [-0.05, 0) is 48.6 Å². The minimum Gasteiger partial charge on any atom is -0.494 e. The summed E-state index contributed by atoms with van der Waals surface area (Å²) in [5.74, 6) is -0.366. The fourth-order valence-electron chi connectivity index (χ4n) is 2.68. The fraction of sp³-hybridized carbons (Fsp3) is 0.278. The van der Waals surface area contributed by atoms with Crippen LogP contribution in [-0.4, -0.2) is 51.2 Å². The maximum atomic E-state index is 13.7. The van der Waals surface area contributed by atoms with E-state index in [-0.39, 0.29) is 15.8 Å². The van der Waals surface area contributed by atoms with Crippen LogP contribution in [0.25, 0.3) is 0 Å². The summed E-state index contributed by atoms with van der Waals surface area (Å²) < 4.78 is 50.4. The number of nitrogens with one attached hydrogen (secondary N) is 2. The third-order valence-corrected chi connectivity index (χ3v) is 6.25. The molecule has 1 aliphatic rings. The molecule has 0 amide bonds. The molecule has 1 heterocycles. The number of hydrogen-bond donors (Lipinski definition) is 2. The summed E-state index contributed by atoms with van der Waals surface area (Å²) in [7, 11) is -2.15. The Balaban J connectivity index is 1.63. The molecule has 0 atom stereocenters. The lowest BCUT2D eigenvalue weighted by Gasteiger charge is -2.26. The second kappa shape index (κ2) is 8.82. The van der Waals surface area contributed by atoms with E-state index in [9.17, 15) is 12.8 Å². The Hall–Kier alpha value is -2.27. The van der Waals surface area contributed by atoms with Gasteiger partial charge in [0, 0.05) is 30.5 Å². The van der Waals surface area contributed by atoms with E-state index in [0.29, 0.717) is 37.7 Å². The quantitative estimate of drug-likeness (QED) is 0.713. The molecule has 0 aromatic heterocycles. The highest BCUT2D eigenvalue weighted by molar-refractivity contribution is 7.89. The minimum atomic E-state index is -3.54. The molecule has 3 rings (SSSR count). The SMILES string of the molecule is COc1ccc(NC(=S)Nc2ccc(S(=O)(=O)N3CCOCC3)cc2)cc1F. The van der Waals surface area contributed by atoms with Gasteiger partial charge in [0.05, 0.1) is 25.2 Å². The van der Waals surface area contributed by atoms with Gasteiger partial charge in [-0.2, -0.15) is 4.31 Å². The molecule has 1 fully saturated rings. The highest BCUT2D eigenvalue weighted by Crippen LogP contribution is 2.22. The number of rotatable bonds is 5. The number of anilines is 2. The van der Waals surface area contributed by atoms with Gasteiger partial charge in [0.1, 0.15) is 0 Å². The number of morpholine rings is 1. The first-order chi connectivity index (χ1) is 13.4. The average molecular weight is 426 g/mol. The predicted molar refractivity (Wildman–Crippen MR) is 109 cm³/mol. The van der Waals surface area contributed by atoms with E-state index < -0.39 is 15.8 Å². The lowest BCUT2D eigenvalue weighted by Crippen LogP contribution is -2.40. The summed E-state index contributed by atoms with van der Waals surface area (Å²) in [6, 6.07) is 10.7. The van der Waals surface area contributed by atoms with Crippen molar-refractivity contribution < 1.29 is 22.3 Å². The van der Waals surface area contributed by atoms with E-state index >= 15 is 0 Å². The van der Waals surface area contributed by atoms with E-state index in [1.807, 2.05) is 0 Å². The first kappa shape index (κ1) is 20.5. The molecule has 2 aromatic rings. The van der Waals surface area contributed by atoms with Crippen molar-refractivity contribution in [2.24, 2.45) is 0 Å². The van der Waals surface area contributed by atoms with Gasteiger partial charge in [0.2, 0.25) is 10.0 Å². The van der Waals surface area contributed by atoms with Crippen LogP contribution < -0.4 is 15.4 Å². The van der Waals surface area contributed by atoms with Crippen molar-refractivity contribution >= 4 is 38.7 Å². The molecule has 7 nitrogen and oxygen atoms in total. The standard InChI is InChI=1S/C18H20FN3O4S2/c1-25-17-7-4-14(12-16(17)19)21-18(27)20-13-2-5-15(6-3-13)28(23,24)22-8-10-26-11-9-22/h2-7,12H,8-11H2,1H3,(H2,20,21,27). The second-order valence-electron chi connectivity index (χ2n) is 5.97. The third kappa shape index (κ3) is 4.76. The third-order valence-electron chi connectivity index (χ3n) is 4.13. The molecule has 2 N–H and O–H groups in total. The normalized spacial score (nSPS) is 15.1. The fourth-order valence-corrected chi connectivity index (χ4v) is 4.33. The van der Waals surface area contributed by atoms with E-state index in [1.54, 1.807) is 18.2 Å². The summed E-state index contributed by atoms with van der Waals surface area (Å²) in [5, 5.41) is 6.04. The number of hydrogen-bond acceptors (Lipinski definition) is 5. The Kier molecular flexibility index (Phi) is 6.45. The molecule has 0 aliphatic carbocycles. The van der Waals surface area contributed by atoms with Crippen molar-refractivity contribution in [3.05, 3.63) is 48.3 Å². The van der Waals surface area contributed by atoms with Crippen LogP contribution in [0.5, 0.6) is 5.75 Å². The number of ether oxygens (including phenoxy) is 2. The molecular formula is C18H20FN3O4S2. The molecule has 0 unspecified atom stereocenters. The number of benzene rings is 2. The molecule has 2 aromatic carbocycles. The van der Waals surface area contributed by atoms with Crippen LogP contribution in [0.2, 0.25) is 0 Å². The van der Waals surface area contributed by atoms with Gasteiger partial charge in [0.15, 0.2) is 16.7 Å². The molecular weight excluding hydrogens is 405 g/mol. The van der Waals surface area contributed by atoms with E-state index in [2.05, 4.69) is 10.6 Å². The summed E-state index contributed by atoms with van der Waals surface area (Å²) in [6.07, 6.45) is 0. The smallest absolute Gasteiger partial charge is 0.243 e. The molecule has 0 saturated carbocycles. The Morgan fingerprint density at radius 1 is 1.11 bits per heavy atom. The number of methoxy groups -OCH3 is 1. The maximum absolute atomic E-state index is 13.7. The van der Waals surface area contributed by atoms with Gasteiger partial charge in [-0.3, -0.25) is 0 Å². The summed E-state index contributed by atoms with van der Waals surface area (Å²) >= 11 is 5.21. The molecule has 0 bridgehead atoms. The van der Waals surface area contributed by atoms with Crippen molar-refractivity contribution in [1.82, 2.24) is 4.31 Å². The van der Waals surface area contributed by atoms with Crippen LogP contribution >= 0.6 is 12.2 Å². The van der Waals surface area contributed by atoms with Gasteiger partial charge in [0.25, 0.3) is 0 Å². The Labute approximate surface area is 168 Å². The zero-order valence-electron chi connectivity index (χ0n) is 15.1. The van der Waals surface area contributed by atoms with Crippen molar-refractivity contribution in [2.75, 3.05) is 44.0 Å². The van der Waals surface area contributed by atoms with E-state index in [4.69, 9.17) is 21.7 Å². The van der Waals surface area contributed by atoms with Gasteiger partial charge >= 0.3 is 0 Å². The van der Waals surface area contributed by atoms with Crippen molar-refractivity contribution in [1.29, 1.82) is 0 Å². The van der Waals surface area contributed by atoms with Gasteiger partial charge < -0.3 is 20.1 Å². The highest BCUT2D eigenvalue weighted by Gasteiger charge is 2.26. The average Bonchev–Trinajstić information content (AvgIpc) is 2.69. The summed E-state index contributed by atoms with van der Waals surface area (Å²) in [5.41, 5.74) is 1.06. The van der Waals surface area contributed by atoms with Gasteiger partial charge in [-0.1, -0.05) is 0 Å². The van der Waals surface area contributed by atoms with Crippen molar-refractivity contribution in [2.45, 2.75) is 4.90 Å². The Bertz CT molecular complexity index is 946. The zero-order valence-corrected chi connectivity index (χ0v) is 16.8. The van der Waals surface area contributed by atoms with E-state index in [0.717, 1.165) is 0 Å². The lowest BCUT2D eigenvalue weighted by atomic mass is 10.3. The van der Waals surface area contributed by atoms with Crippen LogP contribution in [0.4, 0.5) is 15.8 Å². The number of sulfonamides is 1. The Morgan fingerprint density at radius 2 is 1.71 bits per heavy atom. The van der Waals surface area contributed by atoms with Crippen LogP contribution in [-0.2, 0) is 14.8 Å². The molecule has 0 radical (unpaired) electrons. The summed E-state index contributed by atoms with van der Waals surface area (Å²) in [4.78, 5) is 0.205. The van der Waals surface area contributed by atoms with E-state index in [1.165, 1.54) is 35.7 Å². The largest absolute Gasteiger partial charge is 0.494 e. The molecule has 1 aliphatic heterocycles. The monoisotopic (exact) mass is 425 g/mol. The topological polar surface area (TPSA) is 79.9 Å². The first-order valence-corrected chi connectivity index (χ1v) is 10.3. The molecule has 150 valence electrons. The number of nitrogens with zero attached hydrogens (tertiary/aromatic N) is 1. The van der Waals surface area contributed by atoms with Crippen LogP contribution in [0.3, 0.4) is 0 Å². The summed E-state index contributed by atoms with van der Waals surface area (Å²) in [6.45, 7) is 1.47. The molecule has 28 heavy (non-hydrogen) atoms. The molecule has 10 heteroatoms. The lowest BCUT2D eigenvalue weighted by molar-refractivity contribution is 0.0730. The number of thiocarbonyl (C=S) groups is 1. The highest BCUT2D eigenvalue weighted by atomic mass is 32.2. The van der Waals surface area contributed by atoms with Crippen LogP contribution in [0.15, 0.2) is 47.4 Å². The second-order valence-corrected chi connectivity index (χ2v) is 8.32. The Morgan fingerprint density at radius 3 is 2.32 bits per heavy atom. The minimum absolute atomic E-state index is 0.140. The van der Waals surface area contributed by atoms with Crippen LogP contribution in [0.1, 0.15) is 0 Å².